The van der Waals surface area contributed by atoms with Crippen LogP contribution in [0, 0.1) is 11.8 Å². The van der Waals surface area contributed by atoms with E-state index in [0.717, 1.165) is 38.8 Å². The summed E-state index contributed by atoms with van der Waals surface area (Å²) in [7, 11) is 0. The normalized spacial score (nSPS) is 26.5. The second kappa shape index (κ2) is 7.70. The van der Waals surface area contributed by atoms with Crippen LogP contribution in [0.5, 0.6) is 0 Å². The maximum absolute atomic E-state index is 12.2. The molecule has 3 nitrogen and oxygen atoms in total. The third-order valence-electron chi connectivity index (χ3n) is 3.88. The zero-order chi connectivity index (χ0) is 12.7. The molecule has 0 aromatic carbocycles. The minimum atomic E-state index is 0.219. The van der Waals surface area contributed by atoms with Crippen molar-refractivity contribution in [1.82, 2.24) is 10.6 Å². The molecule has 1 fully saturated rings. The summed E-state index contributed by atoms with van der Waals surface area (Å²) in [6, 6.07) is 0.374. The average molecular weight is 240 g/mol. The van der Waals surface area contributed by atoms with Gasteiger partial charge in [-0.05, 0) is 38.3 Å². The second-order valence-electron chi connectivity index (χ2n) is 5.33. The van der Waals surface area contributed by atoms with Crippen LogP contribution in [-0.2, 0) is 4.79 Å². The quantitative estimate of drug-likeness (QED) is 0.748. The number of piperidine rings is 1. The summed E-state index contributed by atoms with van der Waals surface area (Å²) in [5.41, 5.74) is 0. The highest BCUT2D eigenvalue weighted by atomic mass is 16.1. The van der Waals surface area contributed by atoms with Crippen LogP contribution < -0.4 is 10.6 Å². The Morgan fingerprint density at radius 2 is 2.24 bits per heavy atom. The summed E-state index contributed by atoms with van der Waals surface area (Å²) >= 11 is 0. The van der Waals surface area contributed by atoms with Crippen molar-refractivity contribution in [2.75, 3.05) is 13.1 Å². The molecule has 0 spiro atoms. The molecule has 1 rings (SSSR count). The minimum Gasteiger partial charge on any atom is -0.353 e. The first-order valence-electron chi connectivity index (χ1n) is 7.20. The molecule has 0 saturated carbocycles. The Morgan fingerprint density at radius 3 is 2.82 bits per heavy atom. The molecule has 0 radical (unpaired) electrons. The van der Waals surface area contributed by atoms with E-state index in [1.807, 2.05) is 0 Å². The molecule has 0 bridgehead atoms. The number of hydrogen-bond donors (Lipinski definition) is 2. The first-order valence-corrected chi connectivity index (χ1v) is 7.20. The van der Waals surface area contributed by atoms with E-state index in [4.69, 9.17) is 0 Å². The number of carbonyl (C=O) groups excluding carboxylic acids is 1. The Labute approximate surface area is 106 Å². The van der Waals surface area contributed by atoms with Crippen molar-refractivity contribution in [3.8, 4) is 0 Å². The first kappa shape index (κ1) is 14.5. The van der Waals surface area contributed by atoms with Gasteiger partial charge in [0, 0.05) is 12.0 Å². The van der Waals surface area contributed by atoms with Crippen LogP contribution in [0.2, 0.25) is 0 Å². The molecule has 17 heavy (non-hydrogen) atoms. The van der Waals surface area contributed by atoms with Crippen molar-refractivity contribution >= 4 is 5.91 Å². The second-order valence-corrected chi connectivity index (χ2v) is 5.33. The van der Waals surface area contributed by atoms with Crippen LogP contribution in [0.15, 0.2) is 0 Å². The molecule has 3 atom stereocenters. The molecule has 1 saturated heterocycles. The molecule has 1 aliphatic heterocycles. The van der Waals surface area contributed by atoms with Crippen LogP contribution >= 0.6 is 0 Å². The van der Waals surface area contributed by atoms with E-state index in [2.05, 4.69) is 31.4 Å². The Morgan fingerprint density at radius 1 is 1.47 bits per heavy atom. The molecule has 0 aromatic heterocycles. The number of amides is 1. The van der Waals surface area contributed by atoms with Crippen LogP contribution in [-0.4, -0.2) is 25.0 Å². The van der Waals surface area contributed by atoms with Crippen LogP contribution in [0.4, 0.5) is 0 Å². The van der Waals surface area contributed by atoms with Crippen molar-refractivity contribution < 1.29 is 4.79 Å². The van der Waals surface area contributed by atoms with Gasteiger partial charge in [0.25, 0.3) is 0 Å². The van der Waals surface area contributed by atoms with Gasteiger partial charge in [-0.3, -0.25) is 4.79 Å². The molecule has 1 amide bonds. The summed E-state index contributed by atoms with van der Waals surface area (Å²) in [5.74, 6) is 1.05. The fourth-order valence-corrected chi connectivity index (χ4v) is 2.50. The highest BCUT2D eigenvalue weighted by molar-refractivity contribution is 5.78. The van der Waals surface area contributed by atoms with Crippen LogP contribution in [0.3, 0.4) is 0 Å². The molecular weight excluding hydrogens is 212 g/mol. The van der Waals surface area contributed by atoms with Gasteiger partial charge in [-0.2, -0.15) is 0 Å². The third-order valence-corrected chi connectivity index (χ3v) is 3.88. The van der Waals surface area contributed by atoms with Gasteiger partial charge >= 0.3 is 0 Å². The maximum Gasteiger partial charge on any atom is 0.223 e. The maximum atomic E-state index is 12.2. The van der Waals surface area contributed by atoms with Crippen molar-refractivity contribution in [2.24, 2.45) is 11.8 Å². The highest BCUT2D eigenvalue weighted by Gasteiger charge is 2.25. The number of nitrogens with one attached hydrogen (secondary N) is 2. The Kier molecular flexibility index (Phi) is 6.56. The number of hydrogen-bond acceptors (Lipinski definition) is 2. The van der Waals surface area contributed by atoms with Gasteiger partial charge in [0.1, 0.15) is 0 Å². The Hall–Kier alpha value is -0.570. The van der Waals surface area contributed by atoms with Crippen LogP contribution in [0.25, 0.3) is 0 Å². The Balaban J connectivity index is 2.39. The predicted molar refractivity (Wildman–Crippen MR) is 71.9 cm³/mol. The van der Waals surface area contributed by atoms with E-state index in [-0.39, 0.29) is 11.8 Å². The average Bonchev–Trinajstić information content (AvgIpc) is 2.33. The van der Waals surface area contributed by atoms with Crippen LogP contribution in [0.1, 0.15) is 52.9 Å². The summed E-state index contributed by atoms with van der Waals surface area (Å²) < 4.78 is 0. The predicted octanol–water partition coefficient (Wildman–Crippen LogP) is 2.32. The lowest BCUT2D eigenvalue weighted by atomic mass is 9.93. The fourth-order valence-electron chi connectivity index (χ4n) is 2.50. The lowest BCUT2D eigenvalue weighted by molar-refractivity contribution is -0.126. The van der Waals surface area contributed by atoms with E-state index in [9.17, 15) is 4.79 Å². The van der Waals surface area contributed by atoms with Gasteiger partial charge in [0.2, 0.25) is 5.91 Å². The van der Waals surface area contributed by atoms with Gasteiger partial charge in [-0.15, -0.1) is 0 Å². The van der Waals surface area contributed by atoms with E-state index >= 15 is 0 Å². The Bertz CT molecular complexity index is 230. The molecule has 3 heteroatoms. The van der Waals surface area contributed by atoms with E-state index in [0.29, 0.717) is 12.0 Å². The lowest BCUT2D eigenvalue weighted by Gasteiger charge is -2.31. The zero-order valence-electron chi connectivity index (χ0n) is 11.6. The summed E-state index contributed by atoms with van der Waals surface area (Å²) in [5, 5.41) is 6.61. The molecule has 1 aliphatic rings. The van der Waals surface area contributed by atoms with Gasteiger partial charge < -0.3 is 10.6 Å². The SMILES string of the molecule is CCCCC(CC)C(=O)NC1CCNCC1C. The standard InChI is InChI=1S/C14H28N2O/c1-4-6-7-12(5-2)14(17)16-13-8-9-15-10-11(13)3/h11-13,15H,4-10H2,1-3H3,(H,16,17). The fraction of sp³-hybridized carbons (Fsp3) is 0.929. The smallest absolute Gasteiger partial charge is 0.223 e. The van der Waals surface area contributed by atoms with Crippen molar-refractivity contribution in [3.63, 3.8) is 0 Å². The molecule has 100 valence electrons. The molecule has 1 heterocycles. The molecule has 0 aromatic rings. The molecule has 3 unspecified atom stereocenters. The van der Waals surface area contributed by atoms with Gasteiger partial charge in [-0.1, -0.05) is 33.6 Å². The van der Waals surface area contributed by atoms with Gasteiger partial charge in [0.05, 0.1) is 0 Å². The van der Waals surface area contributed by atoms with E-state index < -0.39 is 0 Å². The minimum absolute atomic E-state index is 0.219. The van der Waals surface area contributed by atoms with E-state index in [1.165, 1.54) is 6.42 Å². The lowest BCUT2D eigenvalue weighted by Crippen LogP contribution is -2.49. The molecular formula is C14H28N2O. The largest absolute Gasteiger partial charge is 0.353 e. The molecule has 0 aliphatic carbocycles. The van der Waals surface area contributed by atoms with Crippen molar-refractivity contribution in [3.05, 3.63) is 0 Å². The summed E-state index contributed by atoms with van der Waals surface area (Å²) in [6.07, 6.45) is 5.40. The topological polar surface area (TPSA) is 41.1 Å². The zero-order valence-corrected chi connectivity index (χ0v) is 11.6. The highest BCUT2D eigenvalue weighted by Crippen LogP contribution is 2.16. The van der Waals surface area contributed by atoms with Crippen molar-refractivity contribution in [1.29, 1.82) is 0 Å². The van der Waals surface area contributed by atoms with Crippen molar-refractivity contribution in [2.45, 2.75) is 58.9 Å². The monoisotopic (exact) mass is 240 g/mol. The first-order chi connectivity index (χ1) is 8.19. The molecule has 2 N–H and O–H groups in total. The summed E-state index contributed by atoms with van der Waals surface area (Å²) in [4.78, 5) is 12.2. The summed E-state index contributed by atoms with van der Waals surface area (Å²) in [6.45, 7) is 8.56. The number of rotatable bonds is 6. The third kappa shape index (κ3) is 4.66. The van der Waals surface area contributed by atoms with E-state index in [1.54, 1.807) is 0 Å². The van der Waals surface area contributed by atoms with Gasteiger partial charge in [0.15, 0.2) is 0 Å². The van der Waals surface area contributed by atoms with Gasteiger partial charge in [-0.25, -0.2) is 0 Å². The number of carbonyl (C=O) groups is 1. The number of unbranched alkanes of at least 4 members (excludes halogenated alkanes) is 1.